The van der Waals surface area contributed by atoms with Gasteiger partial charge >= 0.3 is 19.1 Å². The molecule has 0 saturated carbocycles. The summed E-state index contributed by atoms with van der Waals surface area (Å²) in [6.07, 6.45) is -0.940. The molecule has 0 aliphatic carbocycles. The number of benzene rings is 1. The highest BCUT2D eigenvalue weighted by atomic mass is 35.5. The van der Waals surface area contributed by atoms with Crippen molar-refractivity contribution < 1.29 is 33.2 Å². The van der Waals surface area contributed by atoms with Crippen LogP contribution in [0.2, 0.25) is 15.9 Å². The smallest absolute Gasteiger partial charge is 0.508 e. The number of carbonyl (C=O) groups excluding carboxylic acids is 4. The minimum Gasteiger partial charge on any atom is -0.508 e. The Labute approximate surface area is 196 Å². The van der Waals surface area contributed by atoms with Crippen molar-refractivity contribution in [3.8, 4) is 0 Å². The largest absolute Gasteiger partial charge is 0.531 e. The number of Topliss-reactive ketones (excluding diaryl/α,β-unsaturated/α-hetero) is 1. The van der Waals surface area contributed by atoms with Crippen molar-refractivity contribution in [2.24, 2.45) is 11.7 Å². The second kappa shape index (κ2) is 11.6. The van der Waals surface area contributed by atoms with Crippen molar-refractivity contribution in [2.75, 3.05) is 13.7 Å². The Morgan fingerprint density at radius 3 is 2.59 bits per heavy atom. The first-order valence-corrected chi connectivity index (χ1v) is 10.7. The molecule has 0 unspecified atom stereocenters. The number of hydrogen-bond acceptors (Lipinski definition) is 8. The molecule has 0 spiro atoms. The Kier molecular flexibility index (Phi) is 9.51. The van der Waals surface area contributed by atoms with Gasteiger partial charge in [-0.3, -0.25) is 14.4 Å². The Hall–Kier alpha value is -2.14. The van der Waals surface area contributed by atoms with Crippen LogP contribution in [0.3, 0.4) is 0 Å². The monoisotopic (exact) mass is 486 g/mol. The molecule has 1 saturated heterocycles. The van der Waals surface area contributed by atoms with Crippen LogP contribution in [0, 0.1) is 5.92 Å². The highest BCUT2D eigenvalue weighted by Crippen LogP contribution is 2.30. The summed E-state index contributed by atoms with van der Waals surface area (Å²) in [6, 6.07) is 3.10. The maximum Gasteiger partial charge on any atom is 0.531 e. The maximum atomic E-state index is 12.6. The Bertz CT molecular complexity index is 884. The normalized spacial score (nSPS) is 19.3. The molecule has 32 heavy (non-hydrogen) atoms. The molecule has 174 valence electrons. The van der Waals surface area contributed by atoms with Crippen molar-refractivity contribution in [1.82, 2.24) is 5.32 Å². The first kappa shape index (κ1) is 26.1. The molecule has 1 aromatic carbocycles. The molecule has 1 heterocycles. The average molecular weight is 487 g/mol. The lowest BCUT2D eigenvalue weighted by Crippen LogP contribution is -2.58. The fraction of sp³-hybridized carbons (Fsp3) is 0.500. The van der Waals surface area contributed by atoms with Gasteiger partial charge in [-0.1, -0.05) is 37.0 Å². The number of nitrogens with two attached hydrogens (primary N) is 1. The van der Waals surface area contributed by atoms with Gasteiger partial charge < -0.3 is 25.1 Å². The highest BCUT2D eigenvalue weighted by Gasteiger charge is 2.48. The van der Waals surface area contributed by atoms with Crippen LogP contribution in [0.25, 0.3) is 0 Å². The molecule has 3 N–H and O–H groups in total. The molecular weight excluding hydrogens is 462 g/mol. The number of halogens is 2. The molecule has 2 rings (SSSR count). The van der Waals surface area contributed by atoms with Crippen LogP contribution in [0.1, 0.15) is 37.0 Å². The minimum atomic E-state index is -1.33. The first-order chi connectivity index (χ1) is 15.0. The van der Waals surface area contributed by atoms with Crippen molar-refractivity contribution >= 4 is 53.9 Å². The zero-order chi connectivity index (χ0) is 24.0. The second-order valence-electron chi connectivity index (χ2n) is 7.85. The molecule has 1 fully saturated rings. The van der Waals surface area contributed by atoms with E-state index < -0.39 is 42.9 Å². The van der Waals surface area contributed by atoms with E-state index in [1.165, 1.54) is 12.1 Å². The number of methoxy groups -OCH3 is 1. The highest BCUT2D eigenvalue weighted by molar-refractivity contribution is 6.50. The summed E-state index contributed by atoms with van der Waals surface area (Å²) >= 11 is 11.9. The molecule has 0 aromatic heterocycles. The van der Waals surface area contributed by atoms with E-state index in [0.29, 0.717) is 11.4 Å². The molecule has 12 heteroatoms. The predicted octanol–water partition coefficient (Wildman–Crippen LogP) is 2.03. The SMILES string of the molecule is COC(=O)[C@@H]1OB([C@@H](CC(=O)CNC(=O)c2cc(Cl)ccc2Cl)CC(C)C)OC(=O)[C@H]1N. The molecule has 1 aliphatic rings. The lowest BCUT2D eigenvalue weighted by molar-refractivity contribution is -0.162. The molecular formula is C20H25BCl2N2O7. The Morgan fingerprint density at radius 2 is 1.97 bits per heavy atom. The van der Waals surface area contributed by atoms with Gasteiger partial charge in [0.25, 0.3) is 5.91 Å². The van der Waals surface area contributed by atoms with Gasteiger partial charge in [-0.15, -0.1) is 0 Å². The third kappa shape index (κ3) is 6.93. The summed E-state index contributed by atoms with van der Waals surface area (Å²) in [5, 5.41) is 3.04. The van der Waals surface area contributed by atoms with Crippen LogP contribution in [0.5, 0.6) is 0 Å². The average Bonchev–Trinajstić information content (AvgIpc) is 2.74. The zero-order valence-corrected chi connectivity index (χ0v) is 19.4. The van der Waals surface area contributed by atoms with E-state index >= 15 is 0 Å². The number of rotatable bonds is 9. The molecule has 3 atom stereocenters. The van der Waals surface area contributed by atoms with Crippen molar-refractivity contribution in [3.05, 3.63) is 33.8 Å². The summed E-state index contributed by atoms with van der Waals surface area (Å²) < 4.78 is 15.5. The lowest BCUT2D eigenvalue weighted by atomic mass is 9.64. The van der Waals surface area contributed by atoms with Crippen molar-refractivity contribution in [2.45, 2.75) is 44.7 Å². The fourth-order valence-corrected chi connectivity index (χ4v) is 3.68. The molecule has 1 aliphatic heterocycles. The summed E-state index contributed by atoms with van der Waals surface area (Å²) in [7, 11) is -0.00650. The summed E-state index contributed by atoms with van der Waals surface area (Å²) in [6.45, 7) is 3.57. The van der Waals surface area contributed by atoms with Gasteiger partial charge in [0, 0.05) is 17.3 Å². The second-order valence-corrected chi connectivity index (χ2v) is 8.69. The minimum absolute atomic E-state index is 0.0667. The van der Waals surface area contributed by atoms with E-state index in [0.717, 1.165) is 7.11 Å². The summed E-state index contributed by atoms with van der Waals surface area (Å²) in [4.78, 5) is 49.0. The number of amides is 1. The van der Waals surface area contributed by atoms with Gasteiger partial charge in [-0.25, -0.2) is 4.79 Å². The number of nitrogens with one attached hydrogen (secondary N) is 1. The standard InChI is InChI=1S/C20H25BCl2N2O7/c1-10(2)6-11(21-31-17(20(29)30-3)16(24)19(28)32-21)7-13(26)9-25-18(27)14-8-12(22)4-5-15(14)23/h4-5,8,10-11,16-17H,6-7,9,24H2,1-3H3,(H,25,27)/t11-,16+,17-/m1/s1. The summed E-state index contributed by atoms with van der Waals surface area (Å²) in [5.74, 6) is -2.93. The van der Waals surface area contributed by atoms with E-state index in [4.69, 9.17) is 38.2 Å². The van der Waals surface area contributed by atoms with E-state index in [2.05, 4.69) is 10.1 Å². The number of ketones is 1. The van der Waals surface area contributed by atoms with E-state index in [9.17, 15) is 19.2 Å². The van der Waals surface area contributed by atoms with Crippen LogP contribution in [-0.2, 0) is 28.4 Å². The molecule has 0 radical (unpaired) electrons. The van der Waals surface area contributed by atoms with Crippen LogP contribution in [-0.4, -0.2) is 56.5 Å². The van der Waals surface area contributed by atoms with Crippen molar-refractivity contribution in [3.63, 3.8) is 0 Å². The summed E-state index contributed by atoms with van der Waals surface area (Å²) in [5.41, 5.74) is 5.83. The van der Waals surface area contributed by atoms with Crippen LogP contribution >= 0.6 is 23.2 Å². The van der Waals surface area contributed by atoms with E-state index in [1.807, 2.05) is 13.8 Å². The van der Waals surface area contributed by atoms with Gasteiger partial charge in [0.1, 0.15) is 6.04 Å². The third-order valence-electron chi connectivity index (χ3n) is 4.81. The van der Waals surface area contributed by atoms with Gasteiger partial charge in [-0.05, 0) is 30.5 Å². The topological polar surface area (TPSA) is 134 Å². The molecule has 1 amide bonds. The van der Waals surface area contributed by atoms with Crippen LogP contribution in [0.4, 0.5) is 0 Å². The molecule has 1 aromatic rings. The van der Waals surface area contributed by atoms with Crippen LogP contribution < -0.4 is 11.1 Å². The Balaban J connectivity index is 2.05. The maximum absolute atomic E-state index is 12.6. The molecule has 0 bridgehead atoms. The number of carbonyl (C=O) groups is 4. The number of esters is 1. The predicted molar refractivity (Wildman–Crippen MR) is 118 cm³/mol. The first-order valence-electron chi connectivity index (χ1n) is 9.97. The lowest BCUT2D eigenvalue weighted by Gasteiger charge is -2.33. The third-order valence-corrected chi connectivity index (χ3v) is 5.38. The zero-order valence-electron chi connectivity index (χ0n) is 17.9. The quantitative estimate of drug-likeness (QED) is 0.400. The van der Waals surface area contributed by atoms with Gasteiger partial charge in [0.2, 0.25) is 0 Å². The van der Waals surface area contributed by atoms with E-state index in [-0.39, 0.29) is 35.3 Å². The van der Waals surface area contributed by atoms with Gasteiger partial charge in [-0.2, -0.15) is 0 Å². The fourth-order valence-electron chi connectivity index (χ4n) is 3.31. The van der Waals surface area contributed by atoms with Gasteiger partial charge in [0.15, 0.2) is 11.9 Å². The molecule has 9 nitrogen and oxygen atoms in total. The van der Waals surface area contributed by atoms with E-state index in [1.54, 1.807) is 6.07 Å². The van der Waals surface area contributed by atoms with Gasteiger partial charge in [0.05, 0.1) is 24.2 Å². The Morgan fingerprint density at radius 1 is 1.28 bits per heavy atom. The number of ether oxygens (including phenoxy) is 1. The van der Waals surface area contributed by atoms with Crippen LogP contribution in [0.15, 0.2) is 18.2 Å². The number of hydrogen-bond donors (Lipinski definition) is 2. The van der Waals surface area contributed by atoms with Crippen molar-refractivity contribution in [1.29, 1.82) is 0 Å².